The van der Waals surface area contributed by atoms with Gasteiger partial charge in [-0.3, -0.25) is 0 Å². The molecule has 0 spiro atoms. The summed E-state index contributed by atoms with van der Waals surface area (Å²) in [6.45, 7) is 5.78. The maximum Gasteiger partial charge on any atom is 0.0613 e. The van der Waals surface area contributed by atoms with Crippen LogP contribution in [0, 0.1) is 5.92 Å². The van der Waals surface area contributed by atoms with E-state index in [4.69, 9.17) is 0 Å². The van der Waals surface area contributed by atoms with E-state index in [-0.39, 0.29) is 5.54 Å². The summed E-state index contributed by atoms with van der Waals surface area (Å²) < 4.78 is 0. The molecule has 1 aliphatic rings. The zero-order valence-corrected chi connectivity index (χ0v) is 7.56. The molecule has 1 atom stereocenters. The minimum absolute atomic E-state index is 0.0637. The number of rotatable bonds is 3. The van der Waals surface area contributed by atoms with E-state index in [0.29, 0.717) is 12.5 Å². The molecule has 1 fully saturated rings. The largest absolute Gasteiger partial charge is 0.394 e. The average Bonchev–Trinajstić information content (AvgIpc) is 2.36. The van der Waals surface area contributed by atoms with Crippen molar-refractivity contribution in [3.05, 3.63) is 0 Å². The van der Waals surface area contributed by atoms with E-state index in [2.05, 4.69) is 19.2 Å². The Balaban J connectivity index is 2.45. The van der Waals surface area contributed by atoms with Crippen LogP contribution in [0.15, 0.2) is 0 Å². The highest BCUT2D eigenvalue weighted by atomic mass is 16.3. The fourth-order valence-electron chi connectivity index (χ4n) is 2.02. The molecule has 2 N–H and O–H groups in total. The SMILES string of the molecule is CC(C)C[C@]1(CO)CCCN1. The summed E-state index contributed by atoms with van der Waals surface area (Å²) in [5.41, 5.74) is 0.0637. The molecule has 0 radical (unpaired) electrons. The zero-order chi connectivity index (χ0) is 8.32. The van der Waals surface area contributed by atoms with Crippen molar-refractivity contribution in [2.45, 2.75) is 38.6 Å². The van der Waals surface area contributed by atoms with Crippen molar-refractivity contribution in [3.8, 4) is 0 Å². The van der Waals surface area contributed by atoms with Gasteiger partial charge < -0.3 is 10.4 Å². The van der Waals surface area contributed by atoms with E-state index in [1.165, 1.54) is 6.42 Å². The van der Waals surface area contributed by atoms with E-state index in [1.54, 1.807) is 0 Å². The summed E-state index contributed by atoms with van der Waals surface area (Å²) in [7, 11) is 0. The molecule has 0 aromatic carbocycles. The number of aliphatic hydroxyl groups excluding tert-OH is 1. The first kappa shape index (κ1) is 9.01. The lowest BCUT2D eigenvalue weighted by Crippen LogP contribution is -2.44. The van der Waals surface area contributed by atoms with Crippen LogP contribution in [0.2, 0.25) is 0 Å². The van der Waals surface area contributed by atoms with Crippen molar-refractivity contribution >= 4 is 0 Å². The van der Waals surface area contributed by atoms with Gasteiger partial charge >= 0.3 is 0 Å². The summed E-state index contributed by atoms with van der Waals surface area (Å²) in [4.78, 5) is 0. The van der Waals surface area contributed by atoms with Gasteiger partial charge in [0.25, 0.3) is 0 Å². The second kappa shape index (κ2) is 3.55. The molecule has 0 unspecified atom stereocenters. The van der Waals surface area contributed by atoms with E-state index < -0.39 is 0 Å². The van der Waals surface area contributed by atoms with Gasteiger partial charge in [0.15, 0.2) is 0 Å². The third-order valence-electron chi connectivity index (χ3n) is 2.43. The molecule has 0 saturated carbocycles. The van der Waals surface area contributed by atoms with Gasteiger partial charge in [-0.15, -0.1) is 0 Å². The average molecular weight is 157 g/mol. The van der Waals surface area contributed by atoms with E-state index in [1.807, 2.05) is 0 Å². The van der Waals surface area contributed by atoms with E-state index in [0.717, 1.165) is 19.4 Å². The van der Waals surface area contributed by atoms with Gasteiger partial charge in [-0.2, -0.15) is 0 Å². The van der Waals surface area contributed by atoms with Crippen molar-refractivity contribution in [1.82, 2.24) is 5.32 Å². The molecular weight excluding hydrogens is 138 g/mol. The third-order valence-corrected chi connectivity index (χ3v) is 2.43. The molecule has 2 heteroatoms. The lowest BCUT2D eigenvalue weighted by molar-refractivity contribution is 0.156. The van der Waals surface area contributed by atoms with Crippen LogP contribution in [-0.2, 0) is 0 Å². The lowest BCUT2D eigenvalue weighted by atomic mass is 9.88. The van der Waals surface area contributed by atoms with Gasteiger partial charge in [-0.05, 0) is 31.7 Å². The fourth-order valence-corrected chi connectivity index (χ4v) is 2.02. The minimum Gasteiger partial charge on any atom is -0.394 e. The number of hydrogen-bond donors (Lipinski definition) is 2. The standard InChI is InChI=1S/C9H19NO/c1-8(2)6-9(7-11)4-3-5-10-9/h8,10-11H,3-7H2,1-2H3/t9-/m0/s1. The number of nitrogens with one attached hydrogen (secondary N) is 1. The summed E-state index contributed by atoms with van der Waals surface area (Å²) in [6.07, 6.45) is 3.46. The summed E-state index contributed by atoms with van der Waals surface area (Å²) in [6, 6.07) is 0. The highest BCUT2D eigenvalue weighted by Gasteiger charge is 2.32. The van der Waals surface area contributed by atoms with Crippen LogP contribution in [0.5, 0.6) is 0 Å². The van der Waals surface area contributed by atoms with Gasteiger partial charge in [-0.25, -0.2) is 0 Å². The van der Waals surface area contributed by atoms with Crippen LogP contribution in [0.3, 0.4) is 0 Å². The second-order valence-electron chi connectivity index (χ2n) is 4.07. The lowest BCUT2D eigenvalue weighted by Gasteiger charge is -2.28. The fraction of sp³-hybridized carbons (Fsp3) is 1.00. The Kier molecular flexibility index (Phi) is 2.90. The Hall–Kier alpha value is -0.0800. The molecule has 66 valence electrons. The first-order valence-electron chi connectivity index (χ1n) is 4.54. The maximum absolute atomic E-state index is 9.20. The van der Waals surface area contributed by atoms with Gasteiger partial charge in [0.2, 0.25) is 0 Å². The molecule has 0 bridgehead atoms. The first-order chi connectivity index (χ1) is 5.18. The molecule has 0 aromatic rings. The summed E-state index contributed by atoms with van der Waals surface area (Å²) in [5, 5.41) is 12.6. The summed E-state index contributed by atoms with van der Waals surface area (Å²) >= 11 is 0. The van der Waals surface area contributed by atoms with Crippen molar-refractivity contribution in [2.24, 2.45) is 5.92 Å². The highest BCUT2D eigenvalue weighted by Crippen LogP contribution is 2.25. The molecule has 0 aromatic heterocycles. The van der Waals surface area contributed by atoms with Crippen LogP contribution < -0.4 is 5.32 Å². The number of hydrogen-bond acceptors (Lipinski definition) is 2. The van der Waals surface area contributed by atoms with Crippen molar-refractivity contribution in [3.63, 3.8) is 0 Å². The van der Waals surface area contributed by atoms with Crippen molar-refractivity contribution < 1.29 is 5.11 Å². The minimum atomic E-state index is 0.0637. The monoisotopic (exact) mass is 157 g/mol. The Morgan fingerprint density at radius 1 is 1.55 bits per heavy atom. The molecule has 0 aliphatic carbocycles. The Morgan fingerprint density at radius 3 is 2.64 bits per heavy atom. The smallest absolute Gasteiger partial charge is 0.0613 e. The highest BCUT2D eigenvalue weighted by molar-refractivity contribution is 4.92. The third kappa shape index (κ3) is 2.17. The topological polar surface area (TPSA) is 32.3 Å². The van der Waals surface area contributed by atoms with Crippen LogP contribution in [0.4, 0.5) is 0 Å². The van der Waals surface area contributed by atoms with Crippen LogP contribution in [0.25, 0.3) is 0 Å². The van der Waals surface area contributed by atoms with Gasteiger partial charge in [-0.1, -0.05) is 13.8 Å². The van der Waals surface area contributed by atoms with Crippen LogP contribution in [0.1, 0.15) is 33.1 Å². The number of aliphatic hydroxyl groups is 1. The van der Waals surface area contributed by atoms with Crippen molar-refractivity contribution in [2.75, 3.05) is 13.2 Å². The van der Waals surface area contributed by atoms with E-state index in [9.17, 15) is 5.11 Å². The van der Waals surface area contributed by atoms with E-state index >= 15 is 0 Å². The molecule has 11 heavy (non-hydrogen) atoms. The van der Waals surface area contributed by atoms with Gasteiger partial charge in [0, 0.05) is 5.54 Å². The van der Waals surface area contributed by atoms with Gasteiger partial charge in [0.1, 0.15) is 0 Å². The van der Waals surface area contributed by atoms with Crippen LogP contribution in [-0.4, -0.2) is 23.8 Å². The molecule has 1 aliphatic heterocycles. The summed E-state index contributed by atoms with van der Waals surface area (Å²) in [5.74, 6) is 0.674. The Bertz CT molecular complexity index is 117. The Labute approximate surface area is 69.0 Å². The zero-order valence-electron chi connectivity index (χ0n) is 7.56. The quantitative estimate of drug-likeness (QED) is 0.644. The molecular formula is C9H19NO. The molecule has 1 rings (SSSR count). The molecule has 2 nitrogen and oxygen atoms in total. The first-order valence-corrected chi connectivity index (χ1v) is 4.54. The molecule has 0 amide bonds. The molecule has 1 saturated heterocycles. The predicted octanol–water partition coefficient (Wildman–Crippen LogP) is 1.15. The predicted molar refractivity (Wildman–Crippen MR) is 46.5 cm³/mol. The normalized spacial score (nSPS) is 31.6. The maximum atomic E-state index is 9.20. The van der Waals surface area contributed by atoms with Crippen molar-refractivity contribution in [1.29, 1.82) is 0 Å². The van der Waals surface area contributed by atoms with Crippen LogP contribution >= 0.6 is 0 Å². The molecule has 1 heterocycles. The second-order valence-corrected chi connectivity index (χ2v) is 4.07. The van der Waals surface area contributed by atoms with Gasteiger partial charge in [0.05, 0.1) is 6.61 Å². The Morgan fingerprint density at radius 2 is 2.27 bits per heavy atom.